The van der Waals surface area contributed by atoms with E-state index in [0.29, 0.717) is 6.04 Å². The number of rotatable bonds is 9. The van der Waals surface area contributed by atoms with Gasteiger partial charge in [0.25, 0.3) is 0 Å². The third kappa shape index (κ3) is 4.60. The number of unbranched alkanes of at least 4 members (excludes halogenated alkanes) is 1. The van der Waals surface area contributed by atoms with Crippen molar-refractivity contribution in [2.24, 2.45) is 0 Å². The first-order valence-corrected chi connectivity index (χ1v) is 7.97. The SMILES string of the molecule is CCCCN(CC(C)(CO)c1ccccc1)C(C)CC. The van der Waals surface area contributed by atoms with E-state index in [2.05, 4.69) is 56.9 Å². The highest BCUT2D eigenvalue weighted by atomic mass is 16.3. The molecule has 114 valence electrons. The van der Waals surface area contributed by atoms with E-state index in [0.717, 1.165) is 19.5 Å². The van der Waals surface area contributed by atoms with Crippen molar-refractivity contribution in [3.63, 3.8) is 0 Å². The van der Waals surface area contributed by atoms with E-state index in [1.165, 1.54) is 18.4 Å². The van der Waals surface area contributed by atoms with Gasteiger partial charge in [-0.1, -0.05) is 57.5 Å². The molecule has 1 N–H and O–H groups in total. The van der Waals surface area contributed by atoms with Crippen molar-refractivity contribution in [2.45, 2.75) is 58.4 Å². The summed E-state index contributed by atoms with van der Waals surface area (Å²) in [5.74, 6) is 0. The third-order valence-electron chi connectivity index (χ3n) is 4.38. The molecule has 2 nitrogen and oxygen atoms in total. The molecule has 0 radical (unpaired) electrons. The zero-order valence-corrected chi connectivity index (χ0v) is 13.6. The predicted molar refractivity (Wildman–Crippen MR) is 87.1 cm³/mol. The highest BCUT2D eigenvalue weighted by molar-refractivity contribution is 5.25. The summed E-state index contributed by atoms with van der Waals surface area (Å²) in [7, 11) is 0. The van der Waals surface area contributed by atoms with Crippen molar-refractivity contribution in [1.29, 1.82) is 0 Å². The summed E-state index contributed by atoms with van der Waals surface area (Å²) in [6, 6.07) is 11.0. The monoisotopic (exact) mass is 277 g/mol. The molecule has 0 saturated carbocycles. The van der Waals surface area contributed by atoms with E-state index < -0.39 is 0 Å². The van der Waals surface area contributed by atoms with Gasteiger partial charge >= 0.3 is 0 Å². The third-order valence-corrected chi connectivity index (χ3v) is 4.38. The molecule has 2 atom stereocenters. The number of aliphatic hydroxyl groups is 1. The summed E-state index contributed by atoms with van der Waals surface area (Å²) in [5.41, 5.74) is 1.05. The molecular formula is C18H31NO. The van der Waals surface area contributed by atoms with Crippen molar-refractivity contribution < 1.29 is 5.11 Å². The zero-order chi connectivity index (χ0) is 15.0. The summed E-state index contributed by atoms with van der Waals surface area (Å²) in [6.07, 6.45) is 3.59. The molecule has 0 saturated heterocycles. The topological polar surface area (TPSA) is 23.5 Å². The van der Waals surface area contributed by atoms with Gasteiger partial charge in [-0.05, 0) is 31.9 Å². The first-order valence-electron chi connectivity index (χ1n) is 7.97. The van der Waals surface area contributed by atoms with Crippen LogP contribution in [0.25, 0.3) is 0 Å². The van der Waals surface area contributed by atoms with Crippen molar-refractivity contribution in [3.8, 4) is 0 Å². The number of hydrogen-bond acceptors (Lipinski definition) is 2. The van der Waals surface area contributed by atoms with Crippen LogP contribution in [0.1, 0.15) is 52.5 Å². The van der Waals surface area contributed by atoms with Gasteiger partial charge in [-0.2, -0.15) is 0 Å². The van der Waals surface area contributed by atoms with Gasteiger partial charge < -0.3 is 5.11 Å². The Labute approximate surface area is 124 Å². The van der Waals surface area contributed by atoms with E-state index in [1.807, 2.05) is 6.07 Å². The predicted octanol–water partition coefficient (Wildman–Crippen LogP) is 3.84. The van der Waals surface area contributed by atoms with Gasteiger partial charge in [0.05, 0.1) is 6.61 Å². The van der Waals surface area contributed by atoms with Crippen molar-refractivity contribution in [3.05, 3.63) is 35.9 Å². The maximum atomic E-state index is 9.94. The van der Waals surface area contributed by atoms with Crippen LogP contribution < -0.4 is 0 Å². The molecule has 0 spiro atoms. The van der Waals surface area contributed by atoms with Crippen molar-refractivity contribution in [2.75, 3.05) is 19.7 Å². The first-order chi connectivity index (χ1) is 9.57. The van der Waals surface area contributed by atoms with Crippen LogP contribution in [-0.2, 0) is 5.41 Å². The van der Waals surface area contributed by atoms with Crippen LogP contribution in [0.4, 0.5) is 0 Å². The van der Waals surface area contributed by atoms with Crippen molar-refractivity contribution >= 4 is 0 Å². The molecule has 2 heteroatoms. The Hall–Kier alpha value is -0.860. The molecule has 0 aromatic heterocycles. The fraction of sp³-hybridized carbons (Fsp3) is 0.667. The summed E-state index contributed by atoms with van der Waals surface area (Å²) in [5, 5.41) is 9.94. The van der Waals surface area contributed by atoms with Crippen LogP contribution in [0.3, 0.4) is 0 Å². The average molecular weight is 277 g/mol. The second kappa shape index (κ2) is 8.43. The molecule has 0 aliphatic carbocycles. The Morgan fingerprint density at radius 2 is 1.85 bits per heavy atom. The molecule has 0 aliphatic heterocycles. The summed E-state index contributed by atoms with van der Waals surface area (Å²) < 4.78 is 0. The van der Waals surface area contributed by atoms with E-state index in [1.54, 1.807) is 0 Å². The van der Waals surface area contributed by atoms with Crippen LogP contribution in [-0.4, -0.2) is 35.7 Å². The van der Waals surface area contributed by atoms with Gasteiger partial charge in [0.1, 0.15) is 0 Å². The lowest BCUT2D eigenvalue weighted by Crippen LogP contribution is -2.45. The quantitative estimate of drug-likeness (QED) is 0.741. The summed E-state index contributed by atoms with van der Waals surface area (Å²) in [6.45, 7) is 11.2. The van der Waals surface area contributed by atoms with Gasteiger partial charge in [0.15, 0.2) is 0 Å². The molecule has 20 heavy (non-hydrogen) atoms. The minimum Gasteiger partial charge on any atom is -0.395 e. The maximum Gasteiger partial charge on any atom is 0.0537 e. The smallest absolute Gasteiger partial charge is 0.0537 e. The van der Waals surface area contributed by atoms with Gasteiger partial charge in [-0.25, -0.2) is 0 Å². The van der Waals surface area contributed by atoms with Gasteiger partial charge in [0, 0.05) is 18.0 Å². The minimum atomic E-state index is -0.182. The number of aliphatic hydroxyl groups excluding tert-OH is 1. The second-order valence-corrected chi connectivity index (χ2v) is 6.17. The number of nitrogens with zero attached hydrogens (tertiary/aromatic N) is 1. The largest absolute Gasteiger partial charge is 0.395 e. The van der Waals surface area contributed by atoms with Crippen LogP contribution in [0, 0.1) is 0 Å². The molecule has 0 amide bonds. The molecule has 0 heterocycles. The lowest BCUT2D eigenvalue weighted by Gasteiger charge is -2.38. The normalized spacial score (nSPS) is 16.1. The minimum absolute atomic E-state index is 0.182. The zero-order valence-electron chi connectivity index (χ0n) is 13.6. The summed E-state index contributed by atoms with van der Waals surface area (Å²) in [4.78, 5) is 2.53. The maximum absolute atomic E-state index is 9.94. The number of hydrogen-bond donors (Lipinski definition) is 1. The molecular weight excluding hydrogens is 246 g/mol. The molecule has 1 aromatic carbocycles. The summed E-state index contributed by atoms with van der Waals surface area (Å²) >= 11 is 0. The van der Waals surface area contributed by atoms with Crippen LogP contribution >= 0.6 is 0 Å². The Morgan fingerprint density at radius 1 is 1.20 bits per heavy atom. The first kappa shape index (κ1) is 17.2. The molecule has 1 rings (SSSR count). The van der Waals surface area contributed by atoms with E-state index >= 15 is 0 Å². The van der Waals surface area contributed by atoms with Gasteiger partial charge in [-0.15, -0.1) is 0 Å². The van der Waals surface area contributed by atoms with E-state index in [-0.39, 0.29) is 12.0 Å². The number of benzene rings is 1. The van der Waals surface area contributed by atoms with Crippen LogP contribution in [0.2, 0.25) is 0 Å². The molecule has 0 bridgehead atoms. The lowest BCUT2D eigenvalue weighted by molar-refractivity contribution is 0.115. The van der Waals surface area contributed by atoms with Crippen molar-refractivity contribution in [1.82, 2.24) is 4.90 Å². The standard InChI is InChI=1S/C18H31NO/c1-5-7-13-19(16(3)6-2)14-18(4,15-20)17-11-9-8-10-12-17/h8-12,16,20H,5-7,13-15H2,1-4H3. The highest BCUT2D eigenvalue weighted by Gasteiger charge is 2.29. The van der Waals surface area contributed by atoms with Crippen LogP contribution in [0.5, 0.6) is 0 Å². The average Bonchev–Trinajstić information content (AvgIpc) is 2.51. The molecule has 0 fully saturated rings. The fourth-order valence-corrected chi connectivity index (χ4v) is 2.60. The Kier molecular flexibility index (Phi) is 7.25. The van der Waals surface area contributed by atoms with E-state index in [9.17, 15) is 5.11 Å². The fourth-order valence-electron chi connectivity index (χ4n) is 2.60. The molecule has 2 unspecified atom stereocenters. The van der Waals surface area contributed by atoms with E-state index in [4.69, 9.17) is 0 Å². The van der Waals surface area contributed by atoms with Gasteiger partial charge in [-0.3, -0.25) is 4.90 Å². The Bertz CT molecular complexity index is 365. The lowest BCUT2D eigenvalue weighted by atomic mass is 9.82. The molecule has 0 aliphatic rings. The van der Waals surface area contributed by atoms with Crippen LogP contribution in [0.15, 0.2) is 30.3 Å². The molecule has 1 aromatic rings. The van der Waals surface area contributed by atoms with Gasteiger partial charge in [0.2, 0.25) is 0 Å². The Balaban J connectivity index is 2.87. The highest BCUT2D eigenvalue weighted by Crippen LogP contribution is 2.26. The second-order valence-electron chi connectivity index (χ2n) is 6.17. The Morgan fingerprint density at radius 3 is 2.35 bits per heavy atom.